The molecule has 1 aromatic rings. The number of nitrogens with one attached hydrogen (secondary N) is 1. The van der Waals surface area contributed by atoms with Gasteiger partial charge < -0.3 is 15.0 Å². The summed E-state index contributed by atoms with van der Waals surface area (Å²) in [6.07, 6.45) is 2.42. The second-order valence-corrected chi connectivity index (χ2v) is 5.60. The maximum absolute atomic E-state index is 12.1. The Morgan fingerprint density at radius 1 is 1.52 bits per heavy atom. The van der Waals surface area contributed by atoms with E-state index in [-0.39, 0.29) is 5.91 Å². The summed E-state index contributed by atoms with van der Waals surface area (Å²) < 4.78 is 4.93. The molecule has 21 heavy (non-hydrogen) atoms. The van der Waals surface area contributed by atoms with Crippen LogP contribution in [0.1, 0.15) is 36.1 Å². The summed E-state index contributed by atoms with van der Waals surface area (Å²) >= 11 is 0. The summed E-state index contributed by atoms with van der Waals surface area (Å²) in [7, 11) is 1.61. The van der Waals surface area contributed by atoms with Crippen LogP contribution in [0.4, 0.5) is 5.82 Å². The molecule has 2 heterocycles. The molecule has 0 bridgehead atoms. The van der Waals surface area contributed by atoms with Gasteiger partial charge in [0.25, 0.3) is 5.91 Å². The minimum atomic E-state index is -0.177. The Kier molecular flexibility index (Phi) is 5.50. The number of amides is 1. The lowest BCUT2D eigenvalue weighted by atomic mass is 10.0. The van der Waals surface area contributed by atoms with Crippen molar-refractivity contribution in [3.05, 3.63) is 17.6 Å². The van der Waals surface area contributed by atoms with Gasteiger partial charge in [0.15, 0.2) is 0 Å². The van der Waals surface area contributed by atoms with E-state index in [9.17, 15) is 4.79 Å². The number of carbonyl (C=O) groups is 1. The Bertz CT molecular complexity index is 493. The number of ether oxygens (including phenoxy) is 1. The van der Waals surface area contributed by atoms with Crippen LogP contribution >= 0.6 is 0 Å². The van der Waals surface area contributed by atoms with Crippen LogP contribution in [0, 0.1) is 12.8 Å². The highest BCUT2D eigenvalue weighted by atomic mass is 16.5. The fourth-order valence-electron chi connectivity index (χ4n) is 2.58. The van der Waals surface area contributed by atoms with Crippen LogP contribution in [0.15, 0.2) is 6.07 Å². The number of carbonyl (C=O) groups excluding carboxylic acids is 1. The van der Waals surface area contributed by atoms with E-state index in [1.807, 2.05) is 6.92 Å². The molecule has 1 N–H and O–H groups in total. The second kappa shape index (κ2) is 7.36. The van der Waals surface area contributed by atoms with Crippen LogP contribution in [0.2, 0.25) is 0 Å². The van der Waals surface area contributed by atoms with Gasteiger partial charge in [0.1, 0.15) is 17.3 Å². The minimum absolute atomic E-state index is 0.177. The molecule has 1 amide bonds. The quantitative estimate of drug-likeness (QED) is 0.831. The van der Waals surface area contributed by atoms with Crippen LogP contribution in [-0.4, -0.2) is 49.2 Å². The molecule has 2 rings (SSSR count). The van der Waals surface area contributed by atoms with Crippen LogP contribution in [0.3, 0.4) is 0 Å². The van der Waals surface area contributed by atoms with Gasteiger partial charge in [0.05, 0.1) is 6.61 Å². The number of nitrogens with zero attached hydrogens (tertiary/aromatic N) is 3. The smallest absolute Gasteiger partial charge is 0.270 e. The third-order valence-electron chi connectivity index (χ3n) is 3.63. The first-order valence-corrected chi connectivity index (χ1v) is 7.48. The fraction of sp³-hybridized carbons (Fsp3) is 0.667. The second-order valence-electron chi connectivity index (χ2n) is 5.60. The topological polar surface area (TPSA) is 67.3 Å². The molecule has 6 heteroatoms. The van der Waals surface area contributed by atoms with E-state index >= 15 is 0 Å². The van der Waals surface area contributed by atoms with Gasteiger partial charge in [-0.25, -0.2) is 9.97 Å². The lowest BCUT2D eigenvalue weighted by Crippen LogP contribution is -2.35. The first-order chi connectivity index (χ1) is 10.1. The number of rotatable bonds is 5. The van der Waals surface area contributed by atoms with E-state index in [4.69, 9.17) is 4.74 Å². The predicted molar refractivity (Wildman–Crippen MR) is 81.6 cm³/mol. The van der Waals surface area contributed by atoms with Crippen molar-refractivity contribution in [1.29, 1.82) is 0 Å². The van der Waals surface area contributed by atoms with Crippen molar-refractivity contribution < 1.29 is 9.53 Å². The van der Waals surface area contributed by atoms with Gasteiger partial charge in [-0.3, -0.25) is 4.79 Å². The van der Waals surface area contributed by atoms with E-state index in [1.165, 1.54) is 12.8 Å². The van der Waals surface area contributed by atoms with Gasteiger partial charge >= 0.3 is 0 Å². The molecule has 1 aromatic heterocycles. The first kappa shape index (κ1) is 15.7. The van der Waals surface area contributed by atoms with Crippen LogP contribution in [0.5, 0.6) is 0 Å². The summed E-state index contributed by atoms with van der Waals surface area (Å²) in [6.45, 7) is 7.02. The number of anilines is 1. The van der Waals surface area contributed by atoms with Crippen molar-refractivity contribution in [2.24, 2.45) is 5.92 Å². The number of hydrogen-bond acceptors (Lipinski definition) is 5. The molecule has 0 radical (unpaired) electrons. The molecular formula is C15H24N4O2. The van der Waals surface area contributed by atoms with Crippen molar-refractivity contribution >= 4 is 11.7 Å². The SMILES string of the molecule is COCCNC(=O)c1cc(N2CCCC(C)C2)nc(C)n1. The van der Waals surface area contributed by atoms with Gasteiger partial charge in [0.2, 0.25) is 0 Å². The number of aryl methyl sites for hydroxylation is 1. The summed E-state index contributed by atoms with van der Waals surface area (Å²) in [5, 5.41) is 2.79. The van der Waals surface area contributed by atoms with Crippen molar-refractivity contribution in [3.63, 3.8) is 0 Å². The summed E-state index contributed by atoms with van der Waals surface area (Å²) in [5.41, 5.74) is 0.423. The van der Waals surface area contributed by atoms with E-state index < -0.39 is 0 Å². The zero-order valence-electron chi connectivity index (χ0n) is 13.1. The predicted octanol–water partition coefficient (Wildman–Crippen LogP) is 1.40. The van der Waals surface area contributed by atoms with E-state index in [1.54, 1.807) is 13.2 Å². The molecule has 1 atom stereocenters. The Hall–Kier alpha value is -1.69. The standard InChI is InChI=1S/C15H24N4O2/c1-11-5-4-7-19(10-11)14-9-13(17-12(2)18-14)15(20)16-6-8-21-3/h9,11H,4-8,10H2,1-3H3,(H,16,20). The fourth-order valence-corrected chi connectivity index (χ4v) is 2.58. The van der Waals surface area contributed by atoms with Crippen molar-refractivity contribution in [2.45, 2.75) is 26.7 Å². The highest BCUT2D eigenvalue weighted by Crippen LogP contribution is 2.21. The van der Waals surface area contributed by atoms with E-state index in [0.717, 1.165) is 18.9 Å². The van der Waals surface area contributed by atoms with Crippen molar-refractivity contribution in [2.75, 3.05) is 38.3 Å². The minimum Gasteiger partial charge on any atom is -0.383 e. The van der Waals surface area contributed by atoms with E-state index in [2.05, 4.69) is 27.1 Å². The lowest BCUT2D eigenvalue weighted by molar-refractivity contribution is 0.0931. The molecule has 6 nitrogen and oxygen atoms in total. The van der Waals surface area contributed by atoms with Crippen molar-refractivity contribution in [3.8, 4) is 0 Å². The van der Waals surface area contributed by atoms with Crippen molar-refractivity contribution in [1.82, 2.24) is 15.3 Å². The van der Waals surface area contributed by atoms with Gasteiger partial charge in [-0.2, -0.15) is 0 Å². The molecule has 0 saturated carbocycles. The van der Waals surface area contributed by atoms with Gasteiger partial charge in [-0.15, -0.1) is 0 Å². The number of aromatic nitrogens is 2. The maximum atomic E-state index is 12.1. The number of methoxy groups -OCH3 is 1. The normalized spacial score (nSPS) is 18.6. The number of piperidine rings is 1. The van der Waals surface area contributed by atoms with Crippen LogP contribution < -0.4 is 10.2 Å². The third kappa shape index (κ3) is 4.39. The highest BCUT2D eigenvalue weighted by Gasteiger charge is 2.19. The average Bonchev–Trinajstić information content (AvgIpc) is 2.47. The zero-order valence-corrected chi connectivity index (χ0v) is 13.1. The Balaban J connectivity index is 2.11. The molecule has 0 spiro atoms. The summed E-state index contributed by atoms with van der Waals surface area (Å²) in [6, 6.07) is 1.78. The molecular weight excluding hydrogens is 268 g/mol. The molecule has 1 aliphatic heterocycles. The Labute approximate surface area is 125 Å². The number of hydrogen-bond donors (Lipinski definition) is 1. The molecule has 1 saturated heterocycles. The average molecular weight is 292 g/mol. The summed E-state index contributed by atoms with van der Waals surface area (Å²) in [5.74, 6) is 1.96. The maximum Gasteiger partial charge on any atom is 0.270 e. The summed E-state index contributed by atoms with van der Waals surface area (Å²) in [4.78, 5) is 23.1. The Morgan fingerprint density at radius 2 is 2.33 bits per heavy atom. The van der Waals surface area contributed by atoms with Crippen LogP contribution in [0.25, 0.3) is 0 Å². The van der Waals surface area contributed by atoms with E-state index in [0.29, 0.717) is 30.6 Å². The van der Waals surface area contributed by atoms with Gasteiger partial charge in [-0.1, -0.05) is 6.92 Å². The highest BCUT2D eigenvalue weighted by molar-refractivity contribution is 5.92. The molecule has 1 aliphatic rings. The molecule has 1 fully saturated rings. The monoisotopic (exact) mass is 292 g/mol. The lowest BCUT2D eigenvalue weighted by Gasteiger charge is -2.32. The Morgan fingerprint density at radius 3 is 3.05 bits per heavy atom. The van der Waals surface area contributed by atoms with Gasteiger partial charge in [0, 0.05) is 32.8 Å². The van der Waals surface area contributed by atoms with Crippen LogP contribution in [-0.2, 0) is 4.74 Å². The molecule has 0 aliphatic carbocycles. The largest absolute Gasteiger partial charge is 0.383 e. The first-order valence-electron chi connectivity index (χ1n) is 7.48. The zero-order chi connectivity index (χ0) is 15.2. The van der Waals surface area contributed by atoms with Gasteiger partial charge in [-0.05, 0) is 25.7 Å². The third-order valence-corrected chi connectivity index (χ3v) is 3.63. The molecule has 116 valence electrons. The molecule has 0 aromatic carbocycles. The molecule has 1 unspecified atom stereocenters.